The molecule has 4 heteroatoms. The molecule has 0 spiro atoms. The van der Waals surface area contributed by atoms with Crippen LogP contribution in [0.5, 0.6) is 0 Å². The van der Waals surface area contributed by atoms with Gasteiger partial charge >= 0.3 is 5.97 Å². The second kappa shape index (κ2) is 5.98. The summed E-state index contributed by atoms with van der Waals surface area (Å²) in [5.74, 6) is -0.228. The van der Waals surface area contributed by atoms with Crippen LogP contribution >= 0.6 is 0 Å². The summed E-state index contributed by atoms with van der Waals surface area (Å²) in [6.07, 6.45) is -0.474. The van der Waals surface area contributed by atoms with Gasteiger partial charge in [-0.15, -0.1) is 0 Å². The number of carbonyl (C=O) groups is 1. The Labute approximate surface area is 107 Å². The van der Waals surface area contributed by atoms with Gasteiger partial charge < -0.3 is 14.2 Å². The standard InChI is InChI=1S/C14H18O4/c1-10-14(12(16-2)8-13(15)18-10)17-9-11-6-4-3-5-7-11/h3-7,10,12,14H,8-9H2,1-2H3/t10-,12+,14-/m0/s1. The van der Waals surface area contributed by atoms with E-state index in [-0.39, 0.29) is 30.7 Å². The van der Waals surface area contributed by atoms with Crippen LogP contribution in [-0.4, -0.2) is 31.4 Å². The zero-order chi connectivity index (χ0) is 13.0. The second-order valence-electron chi connectivity index (χ2n) is 4.43. The highest BCUT2D eigenvalue weighted by molar-refractivity contribution is 5.71. The lowest BCUT2D eigenvalue weighted by atomic mass is 10.0. The minimum Gasteiger partial charge on any atom is -0.460 e. The molecule has 0 unspecified atom stereocenters. The summed E-state index contributed by atoms with van der Waals surface area (Å²) < 4.78 is 16.3. The maximum Gasteiger partial charge on any atom is 0.308 e. The third-order valence-electron chi connectivity index (χ3n) is 3.10. The largest absolute Gasteiger partial charge is 0.460 e. The average Bonchev–Trinajstić information content (AvgIpc) is 2.38. The Balaban J connectivity index is 1.96. The lowest BCUT2D eigenvalue weighted by molar-refractivity contribution is -0.188. The SMILES string of the molecule is CO[C@@H]1CC(=O)O[C@@H](C)[C@@H]1OCc1ccccc1. The topological polar surface area (TPSA) is 44.8 Å². The van der Waals surface area contributed by atoms with Gasteiger partial charge in [0.05, 0.1) is 19.1 Å². The molecule has 0 aromatic heterocycles. The van der Waals surface area contributed by atoms with Gasteiger partial charge in [0.15, 0.2) is 0 Å². The molecule has 98 valence electrons. The molecular formula is C14H18O4. The van der Waals surface area contributed by atoms with Gasteiger partial charge in [-0.25, -0.2) is 0 Å². The molecule has 0 amide bonds. The van der Waals surface area contributed by atoms with Crippen LogP contribution in [0.1, 0.15) is 18.9 Å². The number of hydrogen-bond acceptors (Lipinski definition) is 4. The van der Waals surface area contributed by atoms with E-state index in [0.717, 1.165) is 5.56 Å². The second-order valence-corrected chi connectivity index (χ2v) is 4.43. The summed E-state index contributed by atoms with van der Waals surface area (Å²) in [6, 6.07) is 9.91. The van der Waals surface area contributed by atoms with Crippen LogP contribution in [0.3, 0.4) is 0 Å². The van der Waals surface area contributed by atoms with E-state index in [1.165, 1.54) is 0 Å². The van der Waals surface area contributed by atoms with Gasteiger partial charge in [0.1, 0.15) is 12.2 Å². The predicted molar refractivity (Wildman–Crippen MR) is 66.0 cm³/mol. The molecule has 1 saturated heterocycles. The Hall–Kier alpha value is -1.39. The summed E-state index contributed by atoms with van der Waals surface area (Å²) >= 11 is 0. The Kier molecular flexibility index (Phi) is 4.33. The van der Waals surface area contributed by atoms with E-state index in [1.807, 2.05) is 37.3 Å². The third-order valence-corrected chi connectivity index (χ3v) is 3.10. The Bertz CT molecular complexity index is 390. The van der Waals surface area contributed by atoms with E-state index in [0.29, 0.717) is 6.61 Å². The number of cyclic esters (lactones) is 1. The van der Waals surface area contributed by atoms with Crippen LogP contribution in [0.2, 0.25) is 0 Å². The first-order chi connectivity index (χ1) is 8.70. The van der Waals surface area contributed by atoms with Crippen molar-refractivity contribution in [1.29, 1.82) is 0 Å². The van der Waals surface area contributed by atoms with Crippen molar-refractivity contribution in [2.75, 3.05) is 7.11 Å². The molecule has 2 rings (SSSR count). The highest BCUT2D eigenvalue weighted by Gasteiger charge is 2.37. The Morgan fingerprint density at radius 1 is 1.33 bits per heavy atom. The van der Waals surface area contributed by atoms with Crippen molar-refractivity contribution in [2.24, 2.45) is 0 Å². The Morgan fingerprint density at radius 2 is 2.06 bits per heavy atom. The minimum absolute atomic E-state index is 0.215. The number of ether oxygens (including phenoxy) is 3. The number of carbonyl (C=O) groups excluding carboxylic acids is 1. The number of esters is 1. The molecule has 0 bridgehead atoms. The lowest BCUT2D eigenvalue weighted by Crippen LogP contribution is -2.47. The van der Waals surface area contributed by atoms with Crippen molar-refractivity contribution in [3.63, 3.8) is 0 Å². The van der Waals surface area contributed by atoms with Crippen LogP contribution in [0.15, 0.2) is 30.3 Å². The molecular weight excluding hydrogens is 232 g/mol. The van der Waals surface area contributed by atoms with Gasteiger partial charge in [-0.05, 0) is 12.5 Å². The van der Waals surface area contributed by atoms with Crippen molar-refractivity contribution < 1.29 is 19.0 Å². The third kappa shape index (κ3) is 3.09. The smallest absolute Gasteiger partial charge is 0.308 e. The molecule has 0 aliphatic carbocycles. The van der Waals surface area contributed by atoms with Gasteiger partial charge in [-0.3, -0.25) is 4.79 Å². The minimum atomic E-state index is -0.278. The fourth-order valence-corrected chi connectivity index (χ4v) is 2.13. The monoisotopic (exact) mass is 250 g/mol. The summed E-state index contributed by atoms with van der Waals surface area (Å²) in [4.78, 5) is 11.3. The first-order valence-electron chi connectivity index (χ1n) is 6.08. The van der Waals surface area contributed by atoms with Gasteiger partial charge in [0.25, 0.3) is 0 Å². The number of benzene rings is 1. The van der Waals surface area contributed by atoms with Gasteiger partial charge in [-0.2, -0.15) is 0 Å². The zero-order valence-electron chi connectivity index (χ0n) is 10.7. The molecule has 0 saturated carbocycles. The molecule has 1 aromatic carbocycles. The maximum absolute atomic E-state index is 11.3. The fraction of sp³-hybridized carbons (Fsp3) is 0.500. The van der Waals surface area contributed by atoms with E-state index >= 15 is 0 Å². The van der Waals surface area contributed by atoms with Gasteiger partial charge in [-0.1, -0.05) is 30.3 Å². The Morgan fingerprint density at radius 3 is 2.72 bits per heavy atom. The van der Waals surface area contributed by atoms with E-state index in [1.54, 1.807) is 7.11 Å². The molecule has 1 aliphatic rings. The molecule has 1 fully saturated rings. The fourth-order valence-electron chi connectivity index (χ4n) is 2.13. The molecule has 18 heavy (non-hydrogen) atoms. The van der Waals surface area contributed by atoms with Crippen LogP contribution in [-0.2, 0) is 25.6 Å². The van der Waals surface area contributed by atoms with E-state index < -0.39 is 0 Å². The molecule has 0 N–H and O–H groups in total. The highest BCUT2D eigenvalue weighted by Crippen LogP contribution is 2.22. The lowest BCUT2D eigenvalue weighted by Gasteiger charge is -2.34. The molecule has 4 nitrogen and oxygen atoms in total. The van der Waals surface area contributed by atoms with Crippen molar-refractivity contribution in [2.45, 2.75) is 38.3 Å². The van der Waals surface area contributed by atoms with Crippen molar-refractivity contribution in [3.05, 3.63) is 35.9 Å². The summed E-state index contributed by atoms with van der Waals surface area (Å²) in [5, 5.41) is 0. The van der Waals surface area contributed by atoms with Crippen LogP contribution < -0.4 is 0 Å². The molecule has 1 aromatic rings. The summed E-state index contributed by atoms with van der Waals surface area (Å²) in [7, 11) is 1.59. The summed E-state index contributed by atoms with van der Waals surface area (Å²) in [6.45, 7) is 2.33. The van der Waals surface area contributed by atoms with Gasteiger partial charge in [0, 0.05) is 7.11 Å². The van der Waals surface area contributed by atoms with Crippen molar-refractivity contribution in [1.82, 2.24) is 0 Å². The number of hydrogen-bond donors (Lipinski definition) is 0. The number of rotatable bonds is 4. The molecule has 0 radical (unpaired) electrons. The van der Waals surface area contributed by atoms with Crippen LogP contribution in [0.4, 0.5) is 0 Å². The van der Waals surface area contributed by atoms with Crippen molar-refractivity contribution >= 4 is 5.97 Å². The quantitative estimate of drug-likeness (QED) is 0.766. The summed E-state index contributed by atoms with van der Waals surface area (Å²) in [5.41, 5.74) is 1.09. The number of methoxy groups -OCH3 is 1. The molecule has 1 aliphatic heterocycles. The van der Waals surface area contributed by atoms with Crippen LogP contribution in [0.25, 0.3) is 0 Å². The van der Waals surface area contributed by atoms with Crippen LogP contribution in [0, 0.1) is 0 Å². The highest BCUT2D eigenvalue weighted by atomic mass is 16.6. The van der Waals surface area contributed by atoms with Gasteiger partial charge in [0.2, 0.25) is 0 Å². The van der Waals surface area contributed by atoms with E-state index in [9.17, 15) is 4.79 Å². The predicted octanol–water partition coefficient (Wildman–Crippen LogP) is 1.92. The van der Waals surface area contributed by atoms with Crippen molar-refractivity contribution in [3.8, 4) is 0 Å². The maximum atomic E-state index is 11.3. The first-order valence-corrected chi connectivity index (χ1v) is 6.08. The zero-order valence-corrected chi connectivity index (χ0v) is 10.7. The molecule has 3 atom stereocenters. The average molecular weight is 250 g/mol. The first kappa shape index (κ1) is 13.1. The van der Waals surface area contributed by atoms with E-state index in [4.69, 9.17) is 14.2 Å². The van der Waals surface area contributed by atoms with E-state index in [2.05, 4.69) is 0 Å². The normalized spacial score (nSPS) is 27.9. The molecule has 1 heterocycles.